The van der Waals surface area contributed by atoms with Gasteiger partial charge in [0.1, 0.15) is 0 Å². The molecule has 1 amide bonds. The summed E-state index contributed by atoms with van der Waals surface area (Å²) in [4.78, 5) is 14.2. The van der Waals surface area contributed by atoms with Crippen molar-refractivity contribution in [3.05, 3.63) is 28.7 Å². The predicted molar refractivity (Wildman–Crippen MR) is 88.5 cm³/mol. The van der Waals surface area contributed by atoms with E-state index < -0.39 is 0 Å². The highest BCUT2D eigenvalue weighted by Crippen LogP contribution is 2.14. The molecule has 5 heteroatoms. The monoisotopic (exact) mass is 354 g/mol. The van der Waals surface area contributed by atoms with E-state index in [9.17, 15) is 4.79 Å². The first-order valence-corrected chi connectivity index (χ1v) is 8.39. The summed E-state index contributed by atoms with van der Waals surface area (Å²) in [6.45, 7) is 4.93. The van der Waals surface area contributed by atoms with Crippen LogP contribution in [0.25, 0.3) is 0 Å². The maximum Gasteiger partial charge on any atom is 0.224 e. The number of ether oxygens (including phenoxy) is 1. The van der Waals surface area contributed by atoms with Crippen LogP contribution >= 0.6 is 15.9 Å². The highest BCUT2D eigenvalue weighted by molar-refractivity contribution is 9.10. The molecule has 0 unspecified atom stereocenters. The van der Waals surface area contributed by atoms with Gasteiger partial charge in [-0.3, -0.25) is 9.69 Å². The Labute approximate surface area is 135 Å². The van der Waals surface area contributed by atoms with Crippen molar-refractivity contribution in [2.45, 2.75) is 25.7 Å². The third kappa shape index (κ3) is 6.59. The maximum absolute atomic E-state index is 11.8. The summed E-state index contributed by atoms with van der Waals surface area (Å²) in [7, 11) is 0. The Morgan fingerprint density at radius 3 is 2.57 bits per heavy atom. The zero-order valence-electron chi connectivity index (χ0n) is 12.3. The van der Waals surface area contributed by atoms with Crippen molar-refractivity contribution < 1.29 is 9.53 Å². The van der Waals surface area contributed by atoms with Gasteiger partial charge in [-0.1, -0.05) is 22.4 Å². The van der Waals surface area contributed by atoms with Crippen molar-refractivity contribution in [1.82, 2.24) is 4.90 Å². The van der Waals surface area contributed by atoms with E-state index in [4.69, 9.17) is 4.74 Å². The summed E-state index contributed by atoms with van der Waals surface area (Å²) in [5.41, 5.74) is 0.858. The van der Waals surface area contributed by atoms with Crippen LogP contribution in [-0.4, -0.2) is 43.7 Å². The molecular weight excluding hydrogens is 332 g/mol. The van der Waals surface area contributed by atoms with Gasteiger partial charge in [-0.15, -0.1) is 0 Å². The molecule has 0 saturated carbocycles. The molecule has 0 bridgehead atoms. The van der Waals surface area contributed by atoms with E-state index in [1.54, 1.807) is 0 Å². The van der Waals surface area contributed by atoms with E-state index >= 15 is 0 Å². The molecular formula is C16H23BrN2O2. The molecule has 1 aliphatic heterocycles. The van der Waals surface area contributed by atoms with Gasteiger partial charge in [-0.25, -0.2) is 0 Å². The van der Waals surface area contributed by atoms with Crippen LogP contribution in [0.1, 0.15) is 25.7 Å². The molecule has 0 aliphatic carbocycles. The molecule has 2 rings (SSSR count). The molecule has 1 heterocycles. The minimum Gasteiger partial charge on any atom is -0.379 e. The van der Waals surface area contributed by atoms with Gasteiger partial charge in [0.05, 0.1) is 13.2 Å². The largest absolute Gasteiger partial charge is 0.379 e. The lowest BCUT2D eigenvalue weighted by Gasteiger charge is -2.26. The Balaban J connectivity index is 1.53. The zero-order valence-corrected chi connectivity index (χ0v) is 13.9. The molecule has 4 nitrogen and oxygen atoms in total. The van der Waals surface area contributed by atoms with E-state index in [0.717, 1.165) is 62.3 Å². The molecule has 1 aliphatic rings. The number of halogens is 1. The molecule has 0 radical (unpaired) electrons. The standard InChI is InChI=1S/C16H23BrN2O2/c17-14-5-7-15(8-6-14)18-16(20)4-2-1-3-9-19-10-12-21-13-11-19/h5-8H,1-4,9-13H2,(H,18,20). The number of unbranched alkanes of at least 4 members (excludes halogenated alkanes) is 2. The van der Waals surface area contributed by atoms with E-state index in [-0.39, 0.29) is 5.91 Å². The molecule has 0 atom stereocenters. The van der Waals surface area contributed by atoms with Crippen molar-refractivity contribution in [1.29, 1.82) is 0 Å². The summed E-state index contributed by atoms with van der Waals surface area (Å²) in [6.07, 6.45) is 3.81. The lowest BCUT2D eigenvalue weighted by atomic mass is 10.1. The summed E-state index contributed by atoms with van der Waals surface area (Å²) in [5, 5.41) is 2.92. The molecule has 0 spiro atoms. The van der Waals surface area contributed by atoms with E-state index in [1.165, 1.54) is 0 Å². The minimum atomic E-state index is 0.101. The first kappa shape index (κ1) is 16.5. The van der Waals surface area contributed by atoms with Crippen molar-refractivity contribution >= 4 is 27.5 Å². The van der Waals surface area contributed by atoms with Gasteiger partial charge in [-0.05, 0) is 43.7 Å². The number of hydrogen-bond acceptors (Lipinski definition) is 3. The molecule has 1 fully saturated rings. The molecule has 1 aromatic carbocycles. The Bertz CT molecular complexity index is 430. The second kappa shape index (κ2) is 9.18. The second-order valence-corrected chi connectivity index (χ2v) is 6.24. The number of anilines is 1. The van der Waals surface area contributed by atoms with Gasteiger partial charge in [0.15, 0.2) is 0 Å². The summed E-state index contributed by atoms with van der Waals surface area (Å²) in [5.74, 6) is 0.101. The number of rotatable bonds is 7. The van der Waals surface area contributed by atoms with Crippen LogP contribution in [0.5, 0.6) is 0 Å². The van der Waals surface area contributed by atoms with Crippen LogP contribution in [0.2, 0.25) is 0 Å². The average Bonchev–Trinajstić information content (AvgIpc) is 2.50. The van der Waals surface area contributed by atoms with E-state index in [1.807, 2.05) is 24.3 Å². The van der Waals surface area contributed by atoms with Crippen LogP contribution in [0.4, 0.5) is 5.69 Å². The van der Waals surface area contributed by atoms with Gasteiger partial charge in [0.2, 0.25) is 5.91 Å². The lowest BCUT2D eigenvalue weighted by molar-refractivity contribution is -0.116. The lowest BCUT2D eigenvalue weighted by Crippen LogP contribution is -2.36. The highest BCUT2D eigenvalue weighted by Gasteiger charge is 2.09. The van der Waals surface area contributed by atoms with Crippen molar-refractivity contribution in [2.75, 3.05) is 38.2 Å². The minimum absolute atomic E-state index is 0.101. The number of carbonyl (C=O) groups excluding carboxylic acids is 1. The van der Waals surface area contributed by atoms with Crippen molar-refractivity contribution in [2.24, 2.45) is 0 Å². The molecule has 1 saturated heterocycles. The van der Waals surface area contributed by atoms with Crippen LogP contribution in [0.15, 0.2) is 28.7 Å². The van der Waals surface area contributed by atoms with Gasteiger partial charge in [0, 0.05) is 29.7 Å². The number of benzene rings is 1. The van der Waals surface area contributed by atoms with E-state index in [2.05, 4.69) is 26.1 Å². The molecule has 1 aromatic rings. The fourth-order valence-corrected chi connectivity index (χ4v) is 2.64. The fraction of sp³-hybridized carbons (Fsp3) is 0.562. The summed E-state index contributed by atoms with van der Waals surface area (Å²) in [6, 6.07) is 7.66. The number of morpholine rings is 1. The fourth-order valence-electron chi connectivity index (χ4n) is 2.38. The van der Waals surface area contributed by atoms with Crippen LogP contribution in [-0.2, 0) is 9.53 Å². The number of hydrogen-bond donors (Lipinski definition) is 1. The zero-order chi connectivity index (χ0) is 14.9. The van der Waals surface area contributed by atoms with Crippen molar-refractivity contribution in [3.63, 3.8) is 0 Å². The van der Waals surface area contributed by atoms with Crippen LogP contribution in [0.3, 0.4) is 0 Å². The quantitative estimate of drug-likeness (QED) is 0.764. The Kier molecular flexibility index (Phi) is 7.19. The highest BCUT2D eigenvalue weighted by atomic mass is 79.9. The normalized spacial score (nSPS) is 15.9. The number of carbonyl (C=O) groups is 1. The summed E-state index contributed by atoms with van der Waals surface area (Å²) >= 11 is 3.38. The molecule has 0 aromatic heterocycles. The average molecular weight is 355 g/mol. The van der Waals surface area contributed by atoms with Gasteiger partial charge in [-0.2, -0.15) is 0 Å². The predicted octanol–water partition coefficient (Wildman–Crippen LogP) is 3.28. The number of amides is 1. The topological polar surface area (TPSA) is 41.6 Å². The third-order valence-corrected chi connectivity index (χ3v) is 4.14. The maximum atomic E-state index is 11.8. The first-order valence-electron chi connectivity index (χ1n) is 7.59. The Morgan fingerprint density at radius 1 is 1.14 bits per heavy atom. The van der Waals surface area contributed by atoms with E-state index in [0.29, 0.717) is 6.42 Å². The third-order valence-electron chi connectivity index (χ3n) is 3.61. The van der Waals surface area contributed by atoms with Gasteiger partial charge < -0.3 is 10.1 Å². The SMILES string of the molecule is O=C(CCCCCN1CCOCC1)Nc1ccc(Br)cc1. The van der Waals surface area contributed by atoms with Crippen LogP contribution < -0.4 is 5.32 Å². The number of nitrogens with zero attached hydrogens (tertiary/aromatic N) is 1. The Morgan fingerprint density at radius 2 is 1.86 bits per heavy atom. The van der Waals surface area contributed by atoms with Crippen LogP contribution in [0, 0.1) is 0 Å². The smallest absolute Gasteiger partial charge is 0.224 e. The number of nitrogens with one attached hydrogen (secondary N) is 1. The molecule has 116 valence electrons. The molecule has 1 N–H and O–H groups in total. The Hall–Kier alpha value is -0.910. The summed E-state index contributed by atoms with van der Waals surface area (Å²) < 4.78 is 6.34. The second-order valence-electron chi connectivity index (χ2n) is 5.32. The first-order chi connectivity index (χ1) is 10.2. The van der Waals surface area contributed by atoms with Gasteiger partial charge >= 0.3 is 0 Å². The molecule has 21 heavy (non-hydrogen) atoms. The van der Waals surface area contributed by atoms with Crippen molar-refractivity contribution in [3.8, 4) is 0 Å². The van der Waals surface area contributed by atoms with Gasteiger partial charge in [0.25, 0.3) is 0 Å².